The first-order valence-corrected chi connectivity index (χ1v) is 8.35. The molecule has 0 saturated heterocycles. The molecule has 0 unspecified atom stereocenters. The van der Waals surface area contributed by atoms with Gasteiger partial charge in [0.1, 0.15) is 18.1 Å². The van der Waals surface area contributed by atoms with Crippen LogP contribution in [0.3, 0.4) is 0 Å². The van der Waals surface area contributed by atoms with E-state index in [9.17, 15) is 14.0 Å². The summed E-state index contributed by atoms with van der Waals surface area (Å²) in [6, 6.07) is 11.1. The van der Waals surface area contributed by atoms with Gasteiger partial charge in [-0.2, -0.15) is 0 Å². The van der Waals surface area contributed by atoms with Gasteiger partial charge in [-0.1, -0.05) is 6.07 Å². The average Bonchev–Trinajstić information content (AvgIpc) is 2.63. The van der Waals surface area contributed by atoms with Crippen LogP contribution in [0.25, 0.3) is 0 Å². The van der Waals surface area contributed by atoms with E-state index in [-0.39, 0.29) is 24.9 Å². The molecule has 0 saturated carbocycles. The minimum atomic E-state index is -0.510. The second-order valence-corrected chi connectivity index (χ2v) is 5.86. The molecule has 0 atom stereocenters. The Morgan fingerprint density at radius 1 is 1.00 bits per heavy atom. The zero-order valence-corrected chi connectivity index (χ0v) is 14.9. The molecule has 2 aromatic rings. The number of halogens is 1. The number of aryl methyl sites for hydroxylation is 2. The molecule has 0 aliphatic rings. The van der Waals surface area contributed by atoms with Crippen molar-refractivity contribution in [3.05, 3.63) is 65.0 Å². The third-order valence-corrected chi connectivity index (χ3v) is 3.80. The van der Waals surface area contributed by atoms with E-state index in [0.717, 1.165) is 11.1 Å². The minimum absolute atomic E-state index is 0.180. The Labute approximate surface area is 152 Å². The lowest BCUT2D eigenvalue weighted by atomic mass is 10.1. The Kier molecular flexibility index (Phi) is 7.14. The molecule has 2 aromatic carbocycles. The molecule has 0 heterocycles. The second kappa shape index (κ2) is 9.56. The van der Waals surface area contributed by atoms with Gasteiger partial charge >= 0.3 is 5.97 Å². The molecule has 0 radical (unpaired) electrons. The molecule has 138 valence electrons. The third-order valence-electron chi connectivity index (χ3n) is 3.80. The fourth-order valence-corrected chi connectivity index (χ4v) is 2.15. The number of hydrogen-bond donors (Lipinski definition) is 1. The van der Waals surface area contributed by atoms with Gasteiger partial charge in [0.15, 0.2) is 0 Å². The molecule has 26 heavy (non-hydrogen) atoms. The molecule has 0 fully saturated rings. The van der Waals surface area contributed by atoms with Crippen LogP contribution in [-0.4, -0.2) is 31.6 Å². The van der Waals surface area contributed by atoms with Gasteiger partial charge in [0.25, 0.3) is 5.91 Å². The number of carbonyl (C=O) groups excluding carboxylic acids is 2. The highest BCUT2D eigenvalue weighted by molar-refractivity contribution is 5.96. The van der Waals surface area contributed by atoms with Crippen LogP contribution in [-0.2, 0) is 9.53 Å². The van der Waals surface area contributed by atoms with Crippen molar-refractivity contribution in [3.8, 4) is 5.75 Å². The van der Waals surface area contributed by atoms with Crippen molar-refractivity contribution >= 4 is 11.9 Å². The van der Waals surface area contributed by atoms with Gasteiger partial charge in [-0.25, -0.2) is 4.39 Å². The lowest BCUT2D eigenvalue weighted by Crippen LogP contribution is -2.31. The van der Waals surface area contributed by atoms with E-state index in [1.165, 1.54) is 24.3 Å². The van der Waals surface area contributed by atoms with Crippen LogP contribution in [0, 0.1) is 19.7 Å². The van der Waals surface area contributed by atoms with Gasteiger partial charge in [0.2, 0.25) is 0 Å². The van der Waals surface area contributed by atoms with Gasteiger partial charge in [0, 0.05) is 12.0 Å². The standard InChI is InChI=1S/C20H22FNO4/c1-14-4-5-16(12-15(14)2)20(24)22-13-19(23)26-11-3-10-25-18-8-6-17(21)7-9-18/h4-9,12H,3,10-11,13H2,1-2H3,(H,22,24). The number of amides is 1. The lowest BCUT2D eigenvalue weighted by Gasteiger charge is -2.09. The topological polar surface area (TPSA) is 64.6 Å². The minimum Gasteiger partial charge on any atom is -0.493 e. The van der Waals surface area contributed by atoms with Gasteiger partial charge in [-0.15, -0.1) is 0 Å². The van der Waals surface area contributed by atoms with E-state index in [1.54, 1.807) is 12.1 Å². The Bertz CT molecular complexity index is 759. The van der Waals surface area contributed by atoms with Gasteiger partial charge in [-0.05, 0) is 61.4 Å². The summed E-state index contributed by atoms with van der Waals surface area (Å²) in [4.78, 5) is 23.7. The smallest absolute Gasteiger partial charge is 0.325 e. The SMILES string of the molecule is Cc1ccc(C(=O)NCC(=O)OCCCOc2ccc(F)cc2)cc1C. The quantitative estimate of drug-likeness (QED) is 0.581. The first kappa shape index (κ1) is 19.4. The fraction of sp³-hybridized carbons (Fsp3) is 0.300. The zero-order valence-electron chi connectivity index (χ0n) is 14.9. The second-order valence-electron chi connectivity index (χ2n) is 5.86. The molecule has 6 heteroatoms. The molecule has 5 nitrogen and oxygen atoms in total. The Morgan fingerprint density at radius 2 is 1.73 bits per heavy atom. The molecular weight excluding hydrogens is 337 g/mol. The van der Waals surface area contributed by atoms with Crippen molar-refractivity contribution < 1.29 is 23.5 Å². The number of benzene rings is 2. The summed E-state index contributed by atoms with van der Waals surface area (Å²) in [5.74, 6) is -0.596. The van der Waals surface area contributed by atoms with Crippen molar-refractivity contribution in [1.29, 1.82) is 0 Å². The van der Waals surface area contributed by atoms with Crippen LogP contribution in [0.4, 0.5) is 4.39 Å². The molecule has 2 rings (SSSR count). The van der Waals surface area contributed by atoms with Gasteiger partial charge in [0.05, 0.1) is 13.2 Å². The fourth-order valence-electron chi connectivity index (χ4n) is 2.15. The summed E-state index contributed by atoms with van der Waals surface area (Å²) in [6.45, 7) is 4.22. The molecule has 0 aromatic heterocycles. The number of hydrogen-bond acceptors (Lipinski definition) is 4. The Balaban J connectivity index is 1.61. The molecule has 1 N–H and O–H groups in total. The summed E-state index contributed by atoms with van der Waals surface area (Å²) in [7, 11) is 0. The number of ether oxygens (including phenoxy) is 2. The van der Waals surface area contributed by atoms with Gasteiger partial charge < -0.3 is 14.8 Å². The van der Waals surface area contributed by atoms with Crippen molar-refractivity contribution in [3.63, 3.8) is 0 Å². The van der Waals surface area contributed by atoms with Gasteiger partial charge in [-0.3, -0.25) is 9.59 Å². The van der Waals surface area contributed by atoms with E-state index in [2.05, 4.69) is 5.32 Å². The van der Waals surface area contributed by atoms with Crippen LogP contribution >= 0.6 is 0 Å². The zero-order chi connectivity index (χ0) is 18.9. The van der Waals surface area contributed by atoms with Crippen LogP contribution in [0.1, 0.15) is 27.9 Å². The van der Waals surface area contributed by atoms with Crippen molar-refractivity contribution in [2.75, 3.05) is 19.8 Å². The van der Waals surface area contributed by atoms with Crippen LogP contribution in [0.2, 0.25) is 0 Å². The summed E-state index contributed by atoms with van der Waals surface area (Å²) in [5.41, 5.74) is 2.62. The molecule has 0 aliphatic carbocycles. The maximum absolute atomic E-state index is 12.8. The molecule has 1 amide bonds. The van der Waals surface area contributed by atoms with E-state index < -0.39 is 5.97 Å². The summed E-state index contributed by atoms with van der Waals surface area (Å²) < 4.78 is 23.2. The highest BCUT2D eigenvalue weighted by Crippen LogP contribution is 2.11. The normalized spacial score (nSPS) is 10.3. The molecule has 0 bridgehead atoms. The van der Waals surface area contributed by atoms with E-state index in [4.69, 9.17) is 9.47 Å². The monoisotopic (exact) mass is 359 g/mol. The first-order chi connectivity index (χ1) is 12.5. The highest BCUT2D eigenvalue weighted by atomic mass is 19.1. The van der Waals surface area contributed by atoms with Crippen LogP contribution in [0.15, 0.2) is 42.5 Å². The molecular formula is C20H22FNO4. The van der Waals surface area contributed by atoms with E-state index in [1.807, 2.05) is 19.9 Å². The summed E-state index contributed by atoms with van der Waals surface area (Å²) in [5, 5.41) is 2.54. The van der Waals surface area contributed by atoms with E-state index in [0.29, 0.717) is 24.3 Å². The predicted molar refractivity (Wildman–Crippen MR) is 95.7 cm³/mol. The molecule has 0 spiro atoms. The van der Waals surface area contributed by atoms with E-state index >= 15 is 0 Å². The molecule has 0 aliphatic heterocycles. The maximum atomic E-state index is 12.8. The number of carbonyl (C=O) groups is 2. The predicted octanol–water partition coefficient (Wildman–Crippen LogP) is 3.18. The maximum Gasteiger partial charge on any atom is 0.325 e. The van der Waals surface area contributed by atoms with Crippen molar-refractivity contribution in [1.82, 2.24) is 5.32 Å². The van der Waals surface area contributed by atoms with Crippen molar-refractivity contribution in [2.24, 2.45) is 0 Å². The summed E-state index contributed by atoms with van der Waals surface area (Å²) in [6.07, 6.45) is 0.494. The largest absolute Gasteiger partial charge is 0.493 e. The lowest BCUT2D eigenvalue weighted by molar-refractivity contribution is -0.142. The summed E-state index contributed by atoms with van der Waals surface area (Å²) >= 11 is 0. The van der Waals surface area contributed by atoms with Crippen LogP contribution in [0.5, 0.6) is 5.75 Å². The van der Waals surface area contributed by atoms with Crippen LogP contribution < -0.4 is 10.1 Å². The third kappa shape index (κ3) is 6.20. The first-order valence-electron chi connectivity index (χ1n) is 8.35. The Hall–Kier alpha value is -2.89. The number of rotatable bonds is 8. The average molecular weight is 359 g/mol. The van der Waals surface area contributed by atoms with Crippen molar-refractivity contribution in [2.45, 2.75) is 20.3 Å². The Morgan fingerprint density at radius 3 is 2.42 bits per heavy atom. The number of nitrogens with one attached hydrogen (secondary N) is 1. The number of esters is 1. The highest BCUT2D eigenvalue weighted by Gasteiger charge is 2.09.